The number of methoxy groups -OCH3 is 3. The Morgan fingerprint density at radius 3 is 1.72 bits per heavy atom. The van der Waals surface area contributed by atoms with E-state index in [9.17, 15) is 23.6 Å². The molecular weight excluding hydrogens is 860 g/mol. The Balaban J connectivity index is 0.864. The SMILES string of the molecule is COc1ccc(C2=CN3C(=O)c4cc(OC)c(OCCCOc5cc6c(cc5OC)C(=O)N5C=C(c7ccc(NC(=O)[C@H](C)CC(=O)[C@@H](N)C(C)C)cc7)C[C@H]5C=N6)cc4N=C[C@@H]3C2)cc1F. The van der Waals surface area contributed by atoms with Crippen molar-refractivity contribution >= 4 is 64.1 Å². The van der Waals surface area contributed by atoms with Crippen molar-refractivity contribution < 1.29 is 47.3 Å². The van der Waals surface area contributed by atoms with Crippen molar-refractivity contribution in [3.8, 4) is 28.7 Å². The smallest absolute Gasteiger partial charge is 0.260 e. The number of hydrogen-bond donors (Lipinski definition) is 2. The van der Waals surface area contributed by atoms with E-state index in [1.54, 1.807) is 83.9 Å². The predicted octanol–water partition coefficient (Wildman–Crippen LogP) is 8.16. The largest absolute Gasteiger partial charge is 0.494 e. The quantitative estimate of drug-likeness (QED) is 0.0981. The van der Waals surface area contributed by atoms with Gasteiger partial charge in [0.25, 0.3) is 11.8 Å². The summed E-state index contributed by atoms with van der Waals surface area (Å²) < 4.78 is 43.1. The van der Waals surface area contributed by atoms with Crippen LogP contribution in [-0.4, -0.2) is 98.4 Å². The number of rotatable bonds is 17. The van der Waals surface area contributed by atoms with Crippen molar-refractivity contribution in [1.29, 1.82) is 0 Å². The molecule has 0 saturated carbocycles. The Hall–Kier alpha value is -7.33. The number of nitrogens with one attached hydrogen (secondary N) is 1. The number of amides is 3. The molecule has 4 aromatic carbocycles. The maximum Gasteiger partial charge on any atom is 0.260 e. The van der Waals surface area contributed by atoms with Crippen LogP contribution in [0.1, 0.15) is 78.3 Å². The third kappa shape index (κ3) is 9.66. The lowest BCUT2D eigenvalue weighted by molar-refractivity contribution is -0.127. The molecular formula is C51H53FN6O9. The van der Waals surface area contributed by atoms with E-state index in [1.165, 1.54) is 27.4 Å². The highest BCUT2D eigenvalue weighted by atomic mass is 19.1. The monoisotopic (exact) mass is 912 g/mol. The summed E-state index contributed by atoms with van der Waals surface area (Å²) in [5.41, 5.74) is 11.5. The van der Waals surface area contributed by atoms with Crippen LogP contribution in [0.3, 0.4) is 0 Å². The summed E-state index contributed by atoms with van der Waals surface area (Å²) in [7, 11) is 4.41. The van der Waals surface area contributed by atoms with E-state index in [-0.39, 0.29) is 66.9 Å². The van der Waals surface area contributed by atoms with Gasteiger partial charge in [-0.25, -0.2) is 4.39 Å². The summed E-state index contributed by atoms with van der Waals surface area (Å²) in [5.74, 6) is -0.199. The molecule has 3 N–H and O–H groups in total. The molecule has 4 heterocycles. The van der Waals surface area contributed by atoms with Crippen LogP contribution in [-0.2, 0) is 9.59 Å². The standard InChI is InChI=1S/C51H53FN6O9/c1-28(2)48(53)42(59)16-29(3)49(60)56-34-11-8-30(9-12-34)32-17-35-24-54-40-22-46(44(64-5)20-37(40)50(61)57(35)26-32)66-14-7-15-67-47-23-41-38(21-45(47)65-6)51(62)58-27-33(18-36(58)25-55-41)31-10-13-43(63-4)39(52)19-31/h8-13,19-29,35-36,48H,7,14-18,53H2,1-6H3,(H,56,60)/t29-,35+,36+,48+/m1/s1. The summed E-state index contributed by atoms with van der Waals surface area (Å²) in [6.07, 6.45) is 8.58. The number of anilines is 1. The first-order valence-corrected chi connectivity index (χ1v) is 22.1. The first-order valence-electron chi connectivity index (χ1n) is 22.1. The summed E-state index contributed by atoms with van der Waals surface area (Å²) in [5, 5.41) is 2.88. The number of Topliss-reactive ketones (excluding diaryl/α,β-unsaturated/α-hetero) is 1. The molecule has 4 aromatic rings. The fourth-order valence-corrected chi connectivity index (χ4v) is 8.37. The van der Waals surface area contributed by atoms with Crippen molar-refractivity contribution in [3.05, 3.63) is 107 Å². The van der Waals surface area contributed by atoms with E-state index in [4.69, 9.17) is 34.4 Å². The van der Waals surface area contributed by atoms with Gasteiger partial charge in [0.1, 0.15) is 0 Å². The zero-order valence-corrected chi connectivity index (χ0v) is 38.2. The minimum absolute atomic E-state index is 0.00220. The Bertz CT molecular complexity index is 2730. The third-order valence-electron chi connectivity index (χ3n) is 12.3. The predicted molar refractivity (Wildman–Crippen MR) is 253 cm³/mol. The summed E-state index contributed by atoms with van der Waals surface area (Å²) in [4.78, 5) is 65.7. The minimum atomic E-state index is -0.601. The molecule has 0 spiro atoms. The van der Waals surface area contributed by atoms with Crippen molar-refractivity contribution in [1.82, 2.24) is 9.80 Å². The van der Waals surface area contributed by atoms with Crippen LogP contribution in [0, 0.1) is 17.7 Å². The maximum absolute atomic E-state index is 14.5. The van der Waals surface area contributed by atoms with Crippen LogP contribution in [0.2, 0.25) is 0 Å². The molecule has 67 heavy (non-hydrogen) atoms. The van der Waals surface area contributed by atoms with Gasteiger partial charge in [-0.05, 0) is 64.6 Å². The van der Waals surface area contributed by atoms with E-state index in [2.05, 4.69) is 10.3 Å². The number of carbonyl (C=O) groups excluding carboxylic acids is 4. The van der Waals surface area contributed by atoms with Gasteiger partial charge < -0.3 is 44.5 Å². The molecule has 3 amide bonds. The molecule has 348 valence electrons. The van der Waals surface area contributed by atoms with Crippen molar-refractivity contribution in [2.45, 2.75) is 64.6 Å². The maximum atomic E-state index is 14.5. The molecule has 0 bridgehead atoms. The van der Waals surface area contributed by atoms with Crippen LogP contribution in [0.15, 0.2) is 89.1 Å². The number of benzene rings is 4. The number of fused-ring (bicyclic) bond motifs is 4. The van der Waals surface area contributed by atoms with Crippen molar-refractivity contribution in [2.24, 2.45) is 27.6 Å². The first-order chi connectivity index (χ1) is 32.3. The molecule has 4 atom stereocenters. The number of ketones is 1. The van der Waals surface area contributed by atoms with E-state index in [0.717, 1.165) is 16.7 Å². The number of nitrogens with zero attached hydrogens (tertiary/aromatic N) is 4. The number of ether oxygens (including phenoxy) is 5. The lowest BCUT2D eigenvalue weighted by Gasteiger charge is -2.19. The Morgan fingerprint density at radius 2 is 1.22 bits per heavy atom. The molecule has 4 aliphatic heterocycles. The summed E-state index contributed by atoms with van der Waals surface area (Å²) >= 11 is 0. The van der Waals surface area contributed by atoms with Crippen LogP contribution in [0.4, 0.5) is 21.5 Å². The average molecular weight is 913 g/mol. The molecule has 0 unspecified atom stereocenters. The highest BCUT2D eigenvalue weighted by Gasteiger charge is 2.35. The average Bonchev–Trinajstić information content (AvgIpc) is 3.91. The van der Waals surface area contributed by atoms with Gasteiger partial charge in [-0.1, -0.05) is 39.0 Å². The molecule has 8 rings (SSSR count). The molecule has 0 fully saturated rings. The van der Waals surface area contributed by atoms with Gasteiger partial charge >= 0.3 is 0 Å². The highest BCUT2D eigenvalue weighted by Crippen LogP contribution is 2.42. The van der Waals surface area contributed by atoms with E-state index in [1.807, 2.05) is 32.2 Å². The van der Waals surface area contributed by atoms with Gasteiger partial charge in [0, 0.05) is 74.3 Å². The van der Waals surface area contributed by atoms with Gasteiger partial charge in [0.05, 0.1) is 75.2 Å². The van der Waals surface area contributed by atoms with Crippen molar-refractivity contribution in [2.75, 3.05) is 39.9 Å². The van der Waals surface area contributed by atoms with E-state index in [0.29, 0.717) is 76.0 Å². The molecule has 0 aromatic heterocycles. The van der Waals surface area contributed by atoms with Crippen LogP contribution in [0.5, 0.6) is 28.7 Å². The van der Waals surface area contributed by atoms with Gasteiger partial charge in [-0.2, -0.15) is 0 Å². The van der Waals surface area contributed by atoms with Crippen LogP contribution < -0.4 is 34.7 Å². The molecule has 0 radical (unpaired) electrons. The molecule has 15 nitrogen and oxygen atoms in total. The molecule has 0 saturated heterocycles. The van der Waals surface area contributed by atoms with Crippen LogP contribution in [0.25, 0.3) is 11.1 Å². The number of hydrogen-bond acceptors (Lipinski definition) is 12. The van der Waals surface area contributed by atoms with Crippen molar-refractivity contribution in [3.63, 3.8) is 0 Å². The zero-order valence-electron chi connectivity index (χ0n) is 38.2. The number of nitrogens with two attached hydrogens (primary N) is 1. The highest BCUT2D eigenvalue weighted by molar-refractivity contribution is 6.06. The molecule has 0 aliphatic carbocycles. The fourth-order valence-electron chi connectivity index (χ4n) is 8.37. The lowest BCUT2D eigenvalue weighted by Crippen LogP contribution is -2.37. The van der Waals surface area contributed by atoms with Crippen LogP contribution >= 0.6 is 0 Å². The van der Waals surface area contributed by atoms with Gasteiger partial charge in [0.15, 0.2) is 40.3 Å². The lowest BCUT2D eigenvalue weighted by atomic mass is 9.93. The second kappa shape index (κ2) is 19.6. The fraction of sp³-hybridized carbons (Fsp3) is 0.333. The third-order valence-corrected chi connectivity index (χ3v) is 12.3. The van der Waals surface area contributed by atoms with Gasteiger partial charge in [-0.3, -0.25) is 29.2 Å². The van der Waals surface area contributed by atoms with E-state index < -0.39 is 17.8 Å². The number of halogens is 1. The number of aliphatic imine (C=N–C) groups is 2. The molecule has 4 aliphatic rings. The normalized spacial score (nSPS) is 17.9. The Kier molecular flexibility index (Phi) is 13.5. The van der Waals surface area contributed by atoms with E-state index >= 15 is 0 Å². The first kappa shape index (κ1) is 46.2. The number of carbonyl (C=O) groups is 4. The van der Waals surface area contributed by atoms with Gasteiger partial charge in [0.2, 0.25) is 5.91 Å². The summed E-state index contributed by atoms with van der Waals surface area (Å²) in [6, 6.07) is 17.5. The Labute approximate surface area is 388 Å². The van der Waals surface area contributed by atoms with Gasteiger partial charge in [-0.15, -0.1) is 0 Å². The second-order valence-electron chi connectivity index (χ2n) is 17.2. The minimum Gasteiger partial charge on any atom is -0.494 e. The second-order valence-corrected chi connectivity index (χ2v) is 17.2. The Morgan fingerprint density at radius 1 is 0.716 bits per heavy atom. The zero-order chi connectivity index (χ0) is 47.5. The topological polar surface area (TPSA) is 184 Å². The summed E-state index contributed by atoms with van der Waals surface area (Å²) in [6.45, 7) is 5.96. The molecule has 16 heteroatoms.